The van der Waals surface area contributed by atoms with Crippen LogP contribution in [0.4, 0.5) is 5.69 Å². The summed E-state index contributed by atoms with van der Waals surface area (Å²) in [6, 6.07) is 5.94. The van der Waals surface area contributed by atoms with Crippen LogP contribution in [-0.2, 0) is 0 Å². The molecular formula is C16H20N2O. The zero-order valence-electron chi connectivity index (χ0n) is 11.3. The van der Waals surface area contributed by atoms with Crippen LogP contribution >= 0.6 is 0 Å². The summed E-state index contributed by atoms with van der Waals surface area (Å²) < 4.78 is 6.10. The van der Waals surface area contributed by atoms with Crippen LogP contribution in [0.25, 0.3) is 10.8 Å². The summed E-state index contributed by atoms with van der Waals surface area (Å²) in [7, 11) is 0. The molecule has 0 amide bonds. The van der Waals surface area contributed by atoms with Crippen molar-refractivity contribution in [1.29, 1.82) is 0 Å². The van der Waals surface area contributed by atoms with Crippen LogP contribution in [0.1, 0.15) is 32.6 Å². The Morgan fingerprint density at radius 3 is 2.74 bits per heavy atom. The largest absolute Gasteiger partial charge is 0.488 e. The van der Waals surface area contributed by atoms with Crippen molar-refractivity contribution in [1.82, 2.24) is 4.98 Å². The van der Waals surface area contributed by atoms with Crippen LogP contribution in [0.3, 0.4) is 0 Å². The third-order valence-electron chi connectivity index (χ3n) is 4.08. The van der Waals surface area contributed by atoms with Crippen molar-refractivity contribution >= 4 is 16.5 Å². The van der Waals surface area contributed by atoms with Crippen LogP contribution in [0.15, 0.2) is 30.6 Å². The molecule has 3 nitrogen and oxygen atoms in total. The lowest BCUT2D eigenvalue weighted by Gasteiger charge is -2.27. The summed E-state index contributed by atoms with van der Waals surface area (Å²) in [6.45, 7) is 2.31. The summed E-state index contributed by atoms with van der Waals surface area (Å²) in [4.78, 5) is 4.11. The van der Waals surface area contributed by atoms with Gasteiger partial charge >= 0.3 is 0 Å². The van der Waals surface area contributed by atoms with Gasteiger partial charge in [-0.1, -0.05) is 6.92 Å². The number of nitrogens with zero attached hydrogens (tertiary/aromatic N) is 1. The van der Waals surface area contributed by atoms with Gasteiger partial charge in [-0.3, -0.25) is 4.98 Å². The second-order valence-electron chi connectivity index (χ2n) is 5.57. The average molecular weight is 256 g/mol. The SMILES string of the molecule is CC1CCC(Oc2ccc3cnccc3c2N)CC1. The molecule has 0 bridgehead atoms. The second kappa shape index (κ2) is 5.08. The minimum atomic E-state index is 0.317. The highest BCUT2D eigenvalue weighted by atomic mass is 16.5. The van der Waals surface area contributed by atoms with Crippen LogP contribution in [0.5, 0.6) is 5.75 Å². The first-order valence-electron chi connectivity index (χ1n) is 7.03. The normalized spacial score (nSPS) is 23.4. The first-order chi connectivity index (χ1) is 9.24. The molecule has 2 aromatic rings. The van der Waals surface area contributed by atoms with Crippen LogP contribution in [-0.4, -0.2) is 11.1 Å². The Hall–Kier alpha value is -1.77. The van der Waals surface area contributed by atoms with E-state index in [0.29, 0.717) is 6.10 Å². The first kappa shape index (κ1) is 12.3. The maximum Gasteiger partial charge on any atom is 0.143 e. The molecule has 1 fully saturated rings. The maximum atomic E-state index is 6.21. The molecule has 1 aromatic carbocycles. The Morgan fingerprint density at radius 1 is 1.16 bits per heavy atom. The van der Waals surface area contributed by atoms with Crippen LogP contribution in [0.2, 0.25) is 0 Å². The van der Waals surface area contributed by atoms with Gasteiger partial charge in [0, 0.05) is 23.2 Å². The molecule has 100 valence electrons. The zero-order valence-corrected chi connectivity index (χ0v) is 11.3. The topological polar surface area (TPSA) is 48.1 Å². The summed E-state index contributed by atoms with van der Waals surface area (Å²) in [5, 5.41) is 2.08. The quantitative estimate of drug-likeness (QED) is 0.832. The lowest BCUT2D eigenvalue weighted by Crippen LogP contribution is -2.23. The van der Waals surface area contributed by atoms with Gasteiger partial charge in [0.1, 0.15) is 5.75 Å². The van der Waals surface area contributed by atoms with Crippen LogP contribution in [0, 0.1) is 5.92 Å². The van der Waals surface area contributed by atoms with Crippen molar-refractivity contribution < 1.29 is 4.74 Å². The Labute approximate surface area is 113 Å². The van der Waals surface area contributed by atoms with Gasteiger partial charge in [0.25, 0.3) is 0 Å². The number of nitrogens with two attached hydrogens (primary N) is 1. The lowest BCUT2D eigenvalue weighted by molar-refractivity contribution is 0.136. The molecule has 0 unspecified atom stereocenters. The molecule has 0 radical (unpaired) electrons. The molecule has 3 rings (SSSR count). The molecular weight excluding hydrogens is 236 g/mol. The van der Waals surface area contributed by atoms with Gasteiger partial charge in [-0.25, -0.2) is 0 Å². The smallest absolute Gasteiger partial charge is 0.143 e. The molecule has 19 heavy (non-hydrogen) atoms. The highest BCUT2D eigenvalue weighted by molar-refractivity contribution is 5.95. The zero-order chi connectivity index (χ0) is 13.2. The third kappa shape index (κ3) is 2.50. The van der Waals surface area contributed by atoms with E-state index in [2.05, 4.69) is 11.9 Å². The van der Waals surface area contributed by atoms with E-state index in [-0.39, 0.29) is 0 Å². The van der Waals surface area contributed by atoms with E-state index >= 15 is 0 Å². The standard InChI is InChI=1S/C16H20N2O/c1-11-2-5-13(6-3-11)19-15-7-4-12-10-18-9-8-14(12)16(15)17/h4,7-11,13H,2-3,5-6,17H2,1H3. The molecule has 1 saturated carbocycles. The Morgan fingerprint density at radius 2 is 1.95 bits per heavy atom. The predicted octanol–water partition coefficient (Wildman–Crippen LogP) is 3.77. The molecule has 3 heteroatoms. The molecule has 1 aliphatic rings. The predicted molar refractivity (Wildman–Crippen MR) is 78.2 cm³/mol. The number of anilines is 1. The Bertz CT molecular complexity index is 574. The van der Waals surface area contributed by atoms with E-state index in [9.17, 15) is 0 Å². The molecule has 2 N–H and O–H groups in total. The highest BCUT2D eigenvalue weighted by Gasteiger charge is 2.20. The van der Waals surface area contributed by atoms with Gasteiger partial charge in [0.2, 0.25) is 0 Å². The number of benzene rings is 1. The number of pyridine rings is 1. The number of hydrogen-bond acceptors (Lipinski definition) is 3. The van der Waals surface area contributed by atoms with E-state index in [1.165, 1.54) is 12.8 Å². The molecule has 1 aromatic heterocycles. The fourth-order valence-electron chi connectivity index (χ4n) is 2.80. The van der Waals surface area contributed by atoms with E-state index in [0.717, 1.165) is 41.0 Å². The Kier molecular flexibility index (Phi) is 3.28. The molecule has 1 aliphatic carbocycles. The monoisotopic (exact) mass is 256 g/mol. The van der Waals surface area contributed by atoms with Gasteiger partial charge in [0.05, 0.1) is 11.8 Å². The van der Waals surface area contributed by atoms with Crippen molar-refractivity contribution in [2.75, 3.05) is 5.73 Å². The number of hydrogen-bond donors (Lipinski definition) is 1. The fourth-order valence-corrected chi connectivity index (χ4v) is 2.80. The summed E-state index contributed by atoms with van der Waals surface area (Å²) in [6.07, 6.45) is 8.69. The molecule has 1 heterocycles. The van der Waals surface area contributed by atoms with E-state index in [4.69, 9.17) is 10.5 Å². The second-order valence-corrected chi connectivity index (χ2v) is 5.57. The van der Waals surface area contributed by atoms with Crippen molar-refractivity contribution in [2.24, 2.45) is 5.92 Å². The first-order valence-corrected chi connectivity index (χ1v) is 7.03. The third-order valence-corrected chi connectivity index (χ3v) is 4.08. The minimum Gasteiger partial charge on any atom is -0.488 e. The Balaban J connectivity index is 1.83. The summed E-state index contributed by atoms with van der Waals surface area (Å²) in [5.41, 5.74) is 6.95. The van der Waals surface area contributed by atoms with Gasteiger partial charge < -0.3 is 10.5 Å². The van der Waals surface area contributed by atoms with Gasteiger partial charge in [0.15, 0.2) is 0 Å². The molecule has 0 spiro atoms. The molecule has 0 saturated heterocycles. The van der Waals surface area contributed by atoms with Crippen molar-refractivity contribution in [2.45, 2.75) is 38.7 Å². The van der Waals surface area contributed by atoms with E-state index in [1.54, 1.807) is 6.20 Å². The van der Waals surface area contributed by atoms with Gasteiger partial charge in [-0.05, 0) is 49.8 Å². The van der Waals surface area contributed by atoms with Crippen molar-refractivity contribution in [3.05, 3.63) is 30.6 Å². The van der Waals surface area contributed by atoms with Crippen molar-refractivity contribution in [3.8, 4) is 5.75 Å². The molecule has 0 aliphatic heterocycles. The van der Waals surface area contributed by atoms with E-state index < -0.39 is 0 Å². The maximum absolute atomic E-state index is 6.21. The van der Waals surface area contributed by atoms with Gasteiger partial charge in [-0.15, -0.1) is 0 Å². The average Bonchev–Trinajstić information content (AvgIpc) is 2.45. The number of aromatic nitrogens is 1. The summed E-state index contributed by atoms with van der Waals surface area (Å²) >= 11 is 0. The van der Waals surface area contributed by atoms with E-state index in [1.807, 2.05) is 24.4 Å². The van der Waals surface area contributed by atoms with Crippen LogP contribution < -0.4 is 10.5 Å². The number of ether oxygens (including phenoxy) is 1. The number of rotatable bonds is 2. The summed E-state index contributed by atoms with van der Waals surface area (Å²) in [5.74, 6) is 1.65. The van der Waals surface area contributed by atoms with Gasteiger partial charge in [-0.2, -0.15) is 0 Å². The molecule has 0 atom stereocenters. The highest BCUT2D eigenvalue weighted by Crippen LogP contribution is 2.33. The number of nitrogen functional groups attached to an aromatic ring is 1. The minimum absolute atomic E-state index is 0.317. The van der Waals surface area contributed by atoms with Crippen molar-refractivity contribution in [3.63, 3.8) is 0 Å². The lowest BCUT2D eigenvalue weighted by atomic mass is 9.89. The number of fused-ring (bicyclic) bond motifs is 1. The fraction of sp³-hybridized carbons (Fsp3) is 0.438.